The van der Waals surface area contributed by atoms with Crippen LogP contribution in [0.4, 0.5) is 4.79 Å². The number of aliphatic hydroxyl groups excluding tert-OH is 1. The number of amides is 2. The molecule has 2 aliphatic heterocycles. The Hall–Kier alpha value is -1.34. The zero-order valence-electron chi connectivity index (χ0n) is 9.50. The number of β-amino-alcohol motifs (C(OH)–C–C–N with tert-alkyl or cyclic N) is 1. The molecular weight excluding hydrogens is 226 g/mol. The molecule has 7 heteroatoms. The Bertz CT molecular complexity index is 323. The third-order valence-corrected chi connectivity index (χ3v) is 3.20. The normalized spacial score (nSPS) is 26.5. The molecule has 0 bridgehead atoms. The second-order valence-corrected chi connectivity index (χ2v) is 4.54. The molecule has 0 aliphatic carbocycles. The number of aliphatic carboxylic acids is 1. The van der Waals surface area contributed by atoms with Crippen LogP contribution in [0, 0.1) is 0 Å². The molecule has 0 aromatic heterocycles. The second kappa shape index (κ2) is 4.89. The van der Waals surface area contributed by atoms with Crippen molar-refractivity contribution in [3.63, 3.8) is 0 Å². The molecule has 0 aromatic carbocycles. The predicted molar refractivity (Wildman–Crippen MR) is 58.6 cm³/mol. The zero-order chi connectivity index (χ0) is 12.4. The van der Waals surface area contributed by atoms with Gasteiger partial charge in [-0.05, 0) is 0 Å². The van der Waals surface area contributed by atoms with E-state index < -0.39 is 12.1 Å². The number of piperazine rings is 1. The summed E-state index contributed by atoms with van der Waals surface area (Å²) in [5, 5.41) is 20.9. The molecule has 0 spiro atoms. The van der Waals surface area contributed by atoms with Crippen LogP contribution in [0.2, 0.25) is 0 Å². The SMILES string of the molecule is O=C(O)CC(O)CN1CCN2C(=O)NCC2C1. The van der Waals surface area contributed by atoms with Gasteiger partial charge in [0, 0.05) is 32.7 Å². The Morgan fingerprint density at radius 1 is 1.53 bits per heavy atom. The lowest BCUT2D eigenvalue weighted by molar-refractivity contribution is -0.139. The summed E-state index contributed by atoms with van der Waals surface area (Å²) in [4.78, 5) is 25.6. The highest BCUT2D eigenvalue weighted by Crippen LogP contribution is 2.14. The van der Waals surface area contributed by atoms with Gasteiger partial charge < -0.3 is 20.4 Å². The van der Waals surface area contributed by atoms with E-state index in [-0.39, 0.29) is 18.5 Å². The molecule has 2 amide bonds. The third kappa shape index (κ3) is 2.86. The summed E-state index contributed by atoms with van der Waals surface area (Å²) >= 11 is 0. The fourth-order valence-electron chi connectivity index (χ4n) is 2.40. The summed E-state index contributed by atoms with van der Waals surface area (Å²) in [5.41, 5.74) is 0. The van der Waals surface area contributed by atoms with Crippen LogP contribution in [0.5, 0.6) is 0 Å². The van der Waals surface area contributed by atoms with E-state index in [2.05, 4.69) is 5.32 Å². The number of hydrogen-bond donors (Lipinski definition) is 3. The highest BCUT2D eigenvalue weighted by atomic mass is 16.4. The quantitative estimate of drug-likeness (QED) is 0.560. The largest absolute Gasteiger partial charge is 0.481 e. The van der Waals surface area contributed by atoms with Crippen molar-refractivity contribution in [3.8, 4) is 0 Å². The van der Waals surface area contributed by atoms with Gasteiger partial charge in [0.15, 0.2) is 0 Å². The Morgan fingerprint density at radius 2 is 2.29 bits per heavy atom. The molecular formula is C10H17N3O4. The number of carbonyl (C=O) groups is 2. The van der Waals surface area contributed by atoms with Crippen LogP contribution in [0.1, 0.15) is 6.42 Å². The minimum absolute atomic E-state index is 0.0271. The zero-order valence-corrected chi connectivity index (χ0v) is 9.50. The van der Waals surface area contributed by atoms with E-state index in [4.69, 9.17) is 5.11 Å². The molecule has 3 N–H and O–H groups in total. The number of rotatable bonds is 4. The van der Waals surface area contributed by atoms with Gasteiger partial charge in [0.25, 0.3) is 0 Å². The van der Waals surface area contributed by atoms with Crippen LogP contribution in [0.25, 0.3) is 0 Å². The van der Waals surface area contributed by atoms with E-state index >= 15 is 0 Å². The molecule has 2 saturated heterocycles. The number of carbonyl (C=O) groups excluding carboxylic acids is 1. The van der Waals surface area contributed by atoms with Crippen LogP contribution in [-0.4, -0.2) is 76.9 Å². The molecule has 0 aromatic rings. The van der Waals surface area contributed by atoms with Gasteiger partial charge in [-0.15, -0.1) is 0 Å². The maximum Gasteiger partial charge on any atom is 0.317 e. The van der Waals surface area contributed by atoms with Crippen LogP contribution in [0.3, 0.4) is 0 Å². The fourth-order valence-corrected chi connectivity index (χ4v) is 2.40. The van der Waals surface area contributed by atoms with Gasteiger partial charge in [-0.25, -0.2) is 4.79 Å². The van der Waals surface area contributed by atoms with Gasteiger partial charge in [0.05, 0.1) is 18.6 Å². The first-order valence-corrected chi connectivity index (χ1v) is 5.73. The fraction of sp³-hybridized carbons (Fsp3) is 0.800. The molecule has 17 heavy (non-hydrogen) atoms. The highest BCUT2D eigenvalue weighted by Gasteiger charge is 2.35. The summed E-state index contributed by atoms with van der Waals surface area (Å²) in [5.74, 6) is -0.992. The van der Waals surface area contributed by atoms with Crippen molar-refractivity contribution in [3.05, 3.63) is 0 Å². The number of carboxylic acids is 1. The Kier molecular flexibility index (Phi) is 3.49. The number of urea groups is 1. The maximum absolute atomic E-state index is 11.4. The van der Waals surface area contributed by atoms with Gasteiger partial charge in [0.2, 0.25) is 0 Å². The molecule has 0 radical (unpaired) electrons. The summed E-state index contributed by atoms with van der Waals surface area (Å²) in [6, 6.07) is 0.119. The second-order valence-electron chi connectivity index (χ2n) is 4.54. The smallest absolute Gasteiger partial charge is 0.317 e. The summed E-state index contributed by atoms with van der Waals surface area (Å²) in [7, 11) is 0. The molecule has 2 heterocycles. The van der Waals surface area contributed by atoms with Crippen LogP contribution < -0.4 is 5.32 Å². The van der Waals surface area contributed by atoms with Gasteiger partial charge in [-0.2, -0.15) is 0 Å². The first kappa shape index (κ1) is 12.1. The van der Waals surface area contributed by atoms with Gasteiger partial charge >= 0.3 is 12.0 Å². The van der Waals surface area contributed by atoms with Gasteiger partial charge in [-0.1, -0.05) is 0 Å². The van der Waals surface area contributed by atoms with Crippen molar-refractivity contribution in [2.45, 2.75) is 18.6 Å². The van der Waals surface area contributed by atoms with Crippen LogP contribution >= 0.6 is 0 Å². The number of carboxylic acid groups (broad SMARTS) is 1. The average Bonchev–Trinajstić information content (AvgIpc) is 2.58. The third-order valence-electron chi connectivity index (χ3n) is 3.20. The molecule has 2 unspecified atom stereocenters. The van der Waals surface area contributed by atoms with Crippen molar-refractivity contribution in [2.24, 2.45) is 0 Å². The van der Waals surface area contributed by atoms with Crippen LogP contribution in [0.15, 0.2) is 0 Å². The molecule has 2 aliphatic rings. The number of nitrogens with zero attached hydrogens (tertiary/aromatic N) is 2. The number of nitrogens with one attached hydrogen (secondary N) is 1. The number of hydrogen-bond acceptors (Lipinski definition) is 4. The summed E-state index contributed by atoms with van der Waals surface area (Å²) in [6.07, 6.45) is -1.08. The summed E-state index contributed by atoms with van der Waals surface area (Å²) < 4.78 is 0. The maximum atomic E-state index is 11.4. The Balaban J connectivity index is 1.81. The van der Waals surface area contributed by atoms with Crippen molar-refractivity contribution >= 4 is 12.0 Å². The van der Waals surface area contributed by atoms with Crippen molar-refractivity contribution in [1.29, 1.82) is 0 Å². The van der Waals surface area contributed by atoms with E-state index in [0.29, 0.717) is 32.7 Å². The van der Waals surface area contributed by atoms with Gasteiger partial charge in [0.1, 0.15) is 0 Å². The minimum Gasteiger partial charge on any atom is -0.481 e. The Labute approximate surface area is 99.0 Å². The molecule has 2 atom stereocenters. The molecule has 0 saturated carbocycles. The Morgan fingerprint density at radius 3 is 3.00 bits per heavy atom. The van der Waals surface area contributed by atoms with Crippen molar-refractivity contribution in [1.82, 2.24) is 15.1 Å². The number of fused-ring (bicyclic) bond motifs is 1. The van der Waals surface area contributed by atoms with E-state index in [9.17, 15) is 14.7 Å². The van der Waals surface area contributed by atoms with Crippen molar-refractivity contribution < 1.29 is 19.8 Å². The van der Waals surface area contributed by atoms with E-state index in [1.807, 2.05) is 4.90 Å². The summed E-state index contributed by atoms with van der Waals surface area (Å²) in [6.45, 7) is 2.99. The molecule has 2 rings (SSSR count). The van der Waals surface area contributed by atoms with Crippen molar-refractivity contribution in [2.75, 3.05) is 32.7 Å². The molecule has 96 valence electrons. The van der Waals surface area contributed by atoms with Gasteiger partial charge in [-0.3, -0.25) is 9.69 Å². The monoisotopic (exact) mass is 243 g/mol. The van der Waals surface area contributed by atoms with E-state index in [0.717, 1.165) is 0 Å². The lowest BCUT2D eigenvalue weighted by Crippen LogP contribution is -2.53. The predicted octanol–water partition coefficient (Wildman–Crippen LogP) is -1.47. The standard InChI is InChI=1S/C10H17N3O4/c14-8(3-9(15)16)6-12-1-2-13-7(5-12)4-11-10(13)17/h7-8,14H,1-6H2,(H,11,17)(H,15,16). The minimum atomic E-state index is -0.992. The average molecular weight is 243 g/mol. The van der Waals surface area contributed by atoms with E-state index in [1.165, 1.54) is 0 Å². The molecule has 2 fully saturated rings. The topological polar surface area (TPSA) is 93.1 Å². The van der Waals surface area contributed by atoms with E-state index in [1.54, 1.807) is 4.90 Å². The van der Waals surface area contributed by atoms with Crippen LogP contribution in [-0.2, 0) is 4.79 Å². The highest BCUT2D eigenvalue weighted by molar-refractivity contribution is 5.77. The first-order chi connectivity index (χ1) is 8.06. The lowest BCUT2D eigenvalue weighted by atomic mass is 10.1. The molecule has 7 nitrogen and oxygen atoms in total. The lowest BCUT2D eigenvalue weighted by Gasteiger charge is -2.37. The first-order valence-electron chi connectivity index (χ1n) is 5.73. The number of aliphatic hydroxyl groups is 1.